The second kappa shape index (κ2) is 8.93. The lowest BCUT2D eigenvalue weighted by Crippen LogP contribution is -2.11. The van der Waals surface area contributed by atoms with Crippen LogP contribution in [0.2, 0.25) is 0 Å². The number of rotatable bonds is 8. The van der Waals surface area contributed by atoms with Crippen LogP contribution in [0.25, 0.3) is 10.9 Å². The van der Waals surface area contributed by atoms with E-state index in [0.717, 1.165) is 22.3 Å². The Morgan fingerprint density at radius 1 is 1.21 bits per heavy atom. The highest BCUT2D eigenvalue weighted by Gasteiger charge is 2.14. The standard InChI is InChI=1S/C22H21N3O4/c1-25(19-12-15(14-23)24-18-7-4-3-6-17(18)19)16-9-10-20(28-2)21(13-16)29-11-5-8-22(26)27/h3-4,6-7,9-10,12-13H,5,8,11H2,1-2H3,(H,26,27). The Morgan fingerprint density at radius 3 is 2.72 bits per heavy atom. The van der Waals surface area contributed by atoms with Crippen molar-refractivity contribution in [2.24, 2.45) is 0 Å². The van der Waals surface area contributed by atoms with Crippen molar-refractivity contribution >= 4 is 28.2 Å². The molecule has 29 heavy (non-hydrogen) atoms. The first-order valence-electron chi connectivity index (χ1n) is 9.09. The van der Waals surface area contributed by atoms with Crippen LogP contribution in [0.5, 0.6) is 11.5 Å². The van der Waals surface area contributed by atoms with Gasteiger partial charge in [0.1, 0.15) is 11.8 Å². The van der Waals surface area contributed by atoms with E-state index in [4.69, 9.17) is 14.6 Å². The van der Waals surface area contributed by atoms with Crippen LogP contribution in [0.4, 0.5) is 11.4 Å². The summed E-state index contributed by atoms with van der Waals surface area (Å²) in [6.07, 6.45) is 0.445. The average molecular weight is 391 g/mol. The molecule has 3 rings (SSSR count). The maximum absolute atomic E-state index is 10.7. The van der Waals surface area contributed by atoms with Crippen molar-refractivity contribution in [2.75, 3.05) is 25.7 Å². The van der Waals surface area contributed by atoms with E-state index in [-0.39, 0.29) is 13.0 Å². The molecule has 7 heteroatoms. The van der Waals surface area contributed by atoms with Crippen LogP contribution >= 0.6 is 0 Å². The highest BCUT2D eigenvalue weighted by atomic mass is 16.5. The Balaban J connectivity index is 1.94. The van der Waals surface area contributed by atoms with Gasteiger partial charge in [-0.3, -0.25) is 4.79 Å². The topological polar surface area (TPSA) is 95.7 Å². The van der Waals surface area contributed by atoms with Gasteiger partial charge in [0.15, 0.2) is 11.5 Å². The third kappa shape index (κ3) is 4.55. The number of carboxylic acid groups (broad SMARTS) is 1. The first-order chi connectivity index (χ1) is 14.0. The van der Waals surface area contributed by atoms with E-state index in [0.29, 0.717) is 23.6 Å². The van der Waals surface area contributed by atoms with Crippen molar-refractivity contribution in [1.82, 2.24) is 4.98 Å². The van der Waals surface area contributed by atoms with Crippen LogP contribution in [0.15, 0.2) is 48.5 Å². The average Bonchev–Trinajstić information content (AvgIpc) is 2.75. The molecule has 0 radical (unpaired) electrons. The van der Waals surface area contributed by atoms with Gasteiger partial charge in [-0.25, -0.2) is 4.98 Å². The smallest absolute Gasteiger partial charge is 0.303 e. The Hall–Kier alpha value is -3.79. The minimum atomic E-state index is -0.855. The van der Waals surface area contributed by atoms with Gasteiger partial charge in [0, 0.05) is 30.6 Å². The predicted molar refractivity (Wildman–Crippen MR) is 110 cm³/mol. The van der Waals surface area contributed by atoms with Gasteiger partial charge in [-0.2, -0.15) is 5.26 Å². The summed E-state index contributed by atoms with van der Waals surface area (Å²) in [7, 11) is 3.46. The molecule has 0 aliphatic carbocycles. The summed E-state index contributed by atoms with van der Waals surface area (Å²) in [6.45, 7) is 0.270. The second-order valence-corrected chi connectivity index (χ2v) is 6.40. The molecule has 1 N–H and O–H groups in total. The van der Waals surface area contributed by atoms with E-state index in [1.165, 1.54) is 0 Å². The monoisotopic (exact) mass is 391 g/mol. The molecule has 0 aliphatic heterocycles. The molecule has 1 aromatic heterocycles. The first kappa shape index (κ1) is 20.0. The quantitative estimate of drug-likeness (QED) is 0.577. The predicted octanol–water partition coefficient (Wildman–Crippen LogP) is 4.13. The molecule has 0 saturated heterocycles. The largest absolute Gasteiger partial charge is 0.493 e. The summed E-state index contributed by atoms with van der Waals surface area (Å²) < 4.78 is 11.1. The van der Waals surface area contributed by atoms with Crippen molar-refractivity contribution in [3.05, 3.63) is 54.2 Å². The number of nitriles is 1. The summed E-state index contributed by atoms with van der Waals surface area (Å²) in [5, 5.41) is 19.0. The van der Waals surface area contributed by atoms with Gasteiger partial charge >= 0.3 is 5.97 Å². The summed E-state index contributed by atoms with van der Waals surface area (Å²) in [6, 6.07) is 17.0. The van der Waals surface area contributed by atoms with Crippen molar-refractivity contribution in [3.63, 3.8) is 0 Å². The van der Waals surface area contributed by atoms with E-state index < -0.39 is 5.97 Å². The maximum Gasteiger partial charge on any atom is 0.303 e. The van der Waals surface area contributed by atoms with E-state index in [9.17, 15) is 10.1 Å². The molecule has 0 aliphatic rings. The lowest BCUT2D eigenvalue weighted by molar-refractivity contribution is -0.137. The molecule has 1 heterocycles. The van der Waals surface area contributed by atoms with Gasteiger partial charge < -0.3 is 19.5 Å². The number of methoxy groups -OCH3 is 1. The fourth-order valence-corrected chi connectivity index (χ4v) is 3.02. The van der Waals surface area contributed by atoms with Crippen LogP contribution in [0, 0.1) is 11.3 Å². The van der Waals surface area contributed by atoms with Gasteiger partial charge in [-0.1, -0.05) is 18.2 Å². The molecule has 7 nitrogen and oxygen atoms in total. The SMILES string of the molecule is COc1ccc(N(C)c2cc(C#N)nc3ccccc23)cc1OCCCC(=O)O. The maximum atomic E-state index is 10.7. The molecule has 148 valence electrons. The number of fused-ring (bicyclic) bond motifs is 1. The van der Waals surface area contributed by atoms with Gasteiger partial charge in [0.25, 0.3) is 0 Å². The molecule has 2 aromatic carbocycles. The molecule has 0 unspecified atom stereocenters. The van der Waals surface area contributed by atoms with E-state index in [1.807, 2.05) is 48.3 Å². The van der Waals surface area contributed by atoms with Gasteiger partial charge in [-0.15, -0.1) is 0 Å². The number of para-hydroxylation sites is 1. The Bertz CT molecular complexity index is 1080. The normalized spacial score (nSPS) is 10.4. The number of pyridine rings is 1. The molecule has 0 saturated carbocycles. The van der Waals surface area contributed by atoms with Crippen LogP contribution in [0.1, 0.15) is 18.5 Å². The molecule has 3 aromatic rings. The highest BCUT2D eigenvalue weighted by molar-refractivity contribution is 5.94. The zero-order valence-corrected chi connectivity index (χ0v) is 16.3. The number of nitrogens with zero attached hydrogens (tertiary/aromatic N) is 3. The molecule has 0 spiro atoms. The number of hydrogen-bond donors (Lipinski definition) is 1. The van der Waals surface area contributed by atoms with E-state index in [2.05, 4.69) is 11.1 Å². The number of ether oxygens (including phenoxy) is 2. The fourth-order valence-electron chi connectivity index (χ4n) is 3.02. The minimum absolute atomic E-state index is 0.0435. The van der Waals surface area contributed by atoms with Gasteiger partial charge in [-0.05, 0) is 30.7 Å². The summed E-state index contributed by atoms with van der Waals surface area (Å²) >= 11 is 0. The third-order valence-electron chi connectivity index (χ3n) is 4.50. The lowest BCUT2D eigenvalue weighted by Gasteiger charge is -2.23. The lowest BCUT2D eigenvalue weighted by atomic mass is 10.1. The Kier molecular flexibility index (Phi) is 6.15. The minimum Gasteiger partial charge on any atom is -0.493 e. The first-order valence-corrected chi connectivity index (χ1v) is 9.09. The number of carbonyl (C=O) groups is 1. The number of aliphatic carboxylic acids is 1. The number of carboxylic acids is 1. The van der Waals surface area contributed by atoms with Crippen molar-refractivity contribution in [2.45, 2.75) is 12.8 Å². The summed E-state index contributed by atoms with van der Waals surface area (Å²) in [5.74, 6) is 0.239. The van der Waals surface area contributed by atoms with Crippen molar-refractivity contribution < 1.29 is 19.4 Å². The van der Waals surface area contributed by atoms with Gasteiger partial charge in [0.05, 0.1) is 24.9 Å². The zero-order chi connectivity index (χ0) is 20.8. The van der Waals surface area contributed by atoms with Gasteiger partial charge in [0.2, 0.25) is 0 Å². The number of anilines is 2. The molecule has 0 amide bonds. The Labute approximate surface area is 168 Å². The van der Waals surface area contributed by atoms with Crippen molar-refractivity contribution in [1.29, 1.82) is 5.26 Å². The number of aromatic nitrogens is 1. The molecule has 0 bridgehead atoms. The highest BCUT2D eigenvalue weighted by Crippen LogP contribution is 2.36. The van der Waals surface area contributed by atoms with Crippen LogP contribution in [-0.4, -0.2) is 36.8 Å². The molecule has 0 fully saturated rings. The fraction of sp³-hybridized carbons (Fsp3) is 0.227. The molecular weight excluding hydrogens is 370 g/mol. The van der Waals surface area contributed by atoms with Crippen LogP contribution < -0.4 is 14.4 Å². The number of hydrogen-bond acceptors (Lipinski definition) is 6. The summed E-state index contributed by atoms with van der Waals surface area (Å²) in [5.41, 5.74) is 2.75. The van der Waals surface area contributed by atoms with Crippen LogP contribution in [-0.2, 0) is 4.79 Å². The Morgan fingerprint density at radius 2 is 2.00 bits per heavy atom. The third-order valence-corrected chi connectivity index (χ3v) is 4.50. The van der Waals surface area contributed by atoms with E-state index in [1.54, 1.807) is 19.2 Å². The molecular formula is C22H21N3O4. The zero-order valence-electron chi connectivity index (χ0n) is 16.3. The van der Waals surface area contributed by atoms with Crippen molar-refractivity contribution in [3.8, 4) is 17.6 Å². The van der Waals surface area contributed by atoms with E-state index >= 15 is 0 Å². The van der Waals surface area contributed by atoms with Crippen LogP contribution in [0.3, 0.4) is 0 Å². The summed E-state index contributed by atoms with van der Waals surface area (Å²) in [4.78, 5) is 17.0. The molecule has 0 atom stereocenters. The number of benzene rings is 2. The second-order valence-electron chi connectivity index (χ2n) is 6.40.